The standard InChI is InChI=1S/C14H21BrN2O2S/c1-4-8-17-14(3,13(18)19-5-2)10-20-12-11(15)7-6-9-16-12/h6-7,9,17H,4-5,8,10H2,1-3H3. The lowest BCUT2D eigenvalue weighted by atomic mass is 10.1. The van der Waals surface area contributed by atoms with E-state index in [0.29, 0.717) is 12.4 Å². The Morgan fingerprint density at radius 1 is 1.55 bits per heavy atom. The zero-order chi connectivity index (χ0) is 15.0. The monoisotopic (exact) mass is 360 g/mol. The van der Waals surface area contributed by atoms with Crippen molar-refractivity contribution in [2.24, 2.45) is 0 Å². The van der Waals surface area contributed by atoms with Crippen LogP contribution in [0.5, 0.6) is 0 Å². The molecule has 6 heteroatoms. The van der Waals surface area contributed by atoms with Gasteiger partial charge in [-0.3, -0.25) is 4.79 Å². The van der Waals surface area contributed by atoms with Crippen LogP contribution in [0.4, 0.5) is 0 Å². The minimum Gasteiger partial charge on any atom is -0.465 e. The smallest absolute Gasteiger partial charge is 0.326 e. The second-order valence-electron chi connectivity index (χ2n) is 4.56. The normalized spacial score (nSPS) is 13.8. The summed E-state index contributed by atoms with van der Waals surface area (Å²) in [5, 5.41) is 4.16. The van der Waals surface area contributed by atoms with Crippen molar-refractivity contribution in [1.82, 2.24) is 10.3 Å². The van der Waals surface area contributed by atoms with Gasteiger partial charge in [-0.1, -0.05) is 6.92 Å². The van der Waals surface area contributed by atoms with E-state index < -0.39 is 5.54 Å². The number of halogens is 1. The number of hydrogen-bond donors (Lipinski definition) is 1. The number of esters is 1. The van der Waals surface area contributed by atoms with Gasteiger partial charge in [-0.2, -0.15) is 0 Å². The fraction of sp³-hybridized carbons (Fsp3) is 0.571. The molecule has 0 radical (unpaired) electrons. The van der Waals surface area contributed by atoms with Crippen LogP contribution >= 0.6 is 27.7 Å². The van der Waals surface area contributed by atoms with E-state index in [1.165, 1.54) is 11.8 Å². The average molecular weight is 361 g/mol. The molecule has 1 aromatic rings. The number of aromatic nitrogens is 1. The second kappa shape index (κ2) is 8.64. The van der Waals surface area contributed by atoms with E-state index in [1.54, 1.807) is 6.20 Å². The molecule has 0 aliphatic heterocycles. The number of thioether (sulfide) groups is 1. The molecule has 0 amide bonds. The van der Waals surface area contributed by atoms with Crippen LogP contribution < -0.4 is 5.32 Å². The average Bonchev–Trinajstić information content (AvgIpc) is 2.44. The highest BCUT2D eigenvalue weighted by Crippen LogP contribution is 2.28. The third kappa shape index (κ3) is 5.07. The first kappa shape index (κ1) is 17.5. The largest absolute Gasteiger partial charge is 0.465 e. The molecule has 0 aliphatic rings. The second-order valence-corrected chi connectivity index (χ2v) is 6.38. The van der Waals surface area contributed by atoms with Crippen LogP contribution in [0.15, 0.2) is 27.8 Å². The fourth-order valence-electron chi connectivity index (χ4n) is 1.56. The third-order valence-corrected chi connectivity index (χ3v) is 4.94. The molecule has 0 saturated heterocycles. The molecule has 1 rings (SSSR count). The molecule has 112 valence electrons. The molecule has 0 bridgehead atoms. The van der Waals surface area contributed by atoms with Gasteiger partial charge in [0.25, 0.3) is 0 Å². The number of nitrogens with one attached hydrogen (secondary N) is 1. The summed E-state index contributed by atoms with van der Waals surface area (Å²) in [4.78, 5) is 16.4. The van der Waals surface area contributed by atoms with Gasteiger partial charge in [0.2, 0.25) is 0 Å². The maximum atomic E-state index is 12.1. The molecule has 1 heterocycles. The zero-order valence-electron chi connectivity index (χ0n) is 12.1. The van der Waals surface area contributed by atoms with Crippen molar-refractivity contribution >= 4 is 33.7 Å². The van der Waals surface area contributed by atoms with Crippen molar-refractivity contribution in [1.29, 1.82) is 0 Å². The molecule has 4 nitrogen and oxygen atoms in total. The van der Waals surface area contributed by atoms with E-state index in [0.717, 1.165) is 22.5 Å². The molecule has 0 fully saturated rings. The van der Waals surface area contributed by atoms with Crippen molar-refractivity contribution in [2.45, 2.75) is 37.8 Å². The third-order valence-electron chi connectivity index (χ3n) is 2.71. The van der Waals surface area contributed by atoms with E-state index in [4.69, 9.17) is 4.74 Å². The molecule has 1 N–H and O–H groups in total. The van der Waals surface area contributed by atoms with Crippen molar-refractivity contribution in [3.05, 3.63) is 22.8 Å². The zero-order valence-corrected chi connectivity index (χ0v) is 14.5. The first-order valence-corrected chi connectivity index (χ1v) is 8.47. The van der Waals surface area contributed by atoms with E-state index in [9.17, 15) is 4.79 Å². The van der Waals surface area contributed by atoms with Crippen LogP contribution in [0.3, 0.4) is 0 Å². The maximum absolute atomic E-state index is 12.1. The predicted molar refractivity (Wildman–Crippen MR) is 86.0 cm³/mol. The van der Waals surface area contributed by atoms with E-state index >= 15 is 0 Å². The minimum absolute atomic E-state index is 0.215. The number of hydrogen-bond acceptors (Lipinski definition) is 5. The lowest BCUT2D eigenvalue weighted by Crippen LogP contribution is -2.52. The van der Waals surface area contributed by atoms with Crippen LogP contribution in [0.2, 0.25) is 0 Å². The number of carbonyl (C=O) groups excluding carboxylic acids is 1. The molecule has 1 unspecified atom stereocenters. The van der Waals surface area contributed by atoms with Gasteiger partial charge >= 0.3 is 5.97 Å². The maximum Gasteiger partial charge on any atom is 0.326 e. The number of carbonyl (C=O) groups is 1. The van der Waals surface area contributed by atoms with Crippen molar-refractivity contribution < 1.29 is 9.53 Å². The summed E-state index contributed by atoms with van der Waals surface area (Å²) in [6.45, 7) is 6.94. The Hall–Kier alpha value is -0.590. The Morgan fingerprint density at radius 3 is 2.90 bits per heavy atom. The van der Waals surface area contributed by atoms with Crippen LogP contribution in [0.25, 0.3) is 0 Å². The molecule has 0 spiro atoms. The van der Waals surface area contributed by atoms with Crippen LogP contribution in [-0.2, 0) is 9.53 Å². The molecule has 0 aromatic carbocycles. The molecule has 1 aromatic heterocycles. The summed E-state index contributed by atoms with van der Waals surface area (Å²) in [6, 6.07) is 3.81. The topological polar surface area (TPSA) is 51.2 Å². The van der Waals surface area contributed by atoms with E-state index in [2.05, 4.69) is 33.2 Å². The Morgan fingerprint density at radius 2 is 2.30 bits per heavy atom. The van der Waals surface area contributed by atoms with Crippen molar-refractivity contribution in [2.75, 3.05) is 18.9 Å². The summed E-state index contributed by atoms with van der Waals surface area (Å²) in [6.07, 6.45) is 2.71. The first-order valence-electron chi connectivity index (χ1n) is 6.69. The molecule has 1 atom stereocenters. The number of rotatable bonds is 8. The molecular weight excluding hydrogens is 340 g/mol. The van der Waals surface area contributed by atoms with Gasteiger partial charge in [0, 0.05) is 16.4 Å². The summed E-state index contributed by atoms with van der Waals surface area (Å²) >= 11 is 5.00. The predicted octanol–water partition coefficient (Wildman–Crippen LogP) is 3.26. The van der Waals surface area contributed by atoms with Gasteiger partial charge in [-0.25, -0.2) is 4.98 Å². The molecular formula is C14H21BrN2O2S. The Labute approximate surface area is 133 Å². The summed E-state index contributed by atoms with van der Waals surface area (Å²) in [5.74, 6) is 0.356. The lowest BCUT2D eigenvalue weighted by Gasteiger charge is -2.28. The molecule has 20 heavy (non-hydrogen) atoms. The van der Waals surface area contributed by atoms with Crippen molar-refractivity contribution in [3.63, 3.8) is 0 Å². The quantitative estimate of drug-likeness (QED) is 0.569. The summed E-state index contributed by atoms with van der Waals surface area (Å²) < 4.78 is 6.11. The SMILES string of the molecule is CCCNC(C)(CSc1ncccc1Br)C(=O)OCC. The van der Waals surface area contributed by atoms with Crippen molar-refractivity contribution in [3.8, 4) is 0 Å². The summed E-state index contributed by atoms with van der Waals surface area (Å²) in [7, 11) is 0. The van der Waals surface area contributed by atoms with E-state index in [1.807, 2.05) is 26.0 Å². The number of nitrogens with zero attached hydrogens (tertiary/aromatic N) is 1. The highest BCUT2D eigenvalue weighted by atomic mass is 79.9. The first-order chi connectivity index (χ1) is 9.53. The van der Waals surface area contributed by atoms with Gasteiger partial charge in [-0.15, -0.1) is 11.8 Å². The lowest BCUT2D eigenvalue weighted by molar-refractivity contribution is -0.149. The fourth-order valence-corrected chi connectivity index (χ4v) is 3.15. The minimum atomic E-state index is -0.701. The van der Waals surface area contributed by atoms with Crippen LogP contribution in [0, 0.1) is 0 Å². The van der Waals surface area contributed by atoms with E-state index in [-0.39, 0.29) is 5.97 Å². The van der Waals surface area contributed by atoms with Gasteiger partial charge in [-0.05, 0) is 54.9 Å². The number of ether oxygens (including phenoxy) is 1. The molecule has 0 saturated carbocycles. The molecule has 0 aliphatic carbocycles. The summed E-state index contributed by atoms with van der Waals surface area (Å²) in [5.41, 5.74) is -0.701. The van der Waals surface area contributed by atoms with Gasteiger partial charge in [0.1, 0.15) is 10.6 Å². The van der Waals surface area contributed by atoms with Gasteiger partial charge in [0.15, 0.2) is 0 Å². The highest BCUT2D eigenvalue weighted by Gasteiger charge is 2.34. The Kier molecular flexibility index (Phi) is 7.55. The van der Waals surface area contributed by atoms with Gasteiger partial charge in [0.05, 0.1) is 6.61 Å². The van der Waals surface area contributed by atoms with Crippen LogP contribution in [0.1, 0.15) is 27.2 Å². The highest BCUT2D eigenvalue weighted by molar-refractivity contribution is 9.10. The Bertz CT molecular complexity index is 445. The van der Waals surface area contributed by atoms with Gasteiger partial charge < -0.3 is 10.1 Å². The number of pyridine rings is 1. The van der Waals surface area contributed by atoms with Crippen LogP contribution in [-0.4, -0.2) is 35.4 Å². The Balaban J connectivity index is 2.74.